The Morgan fingerprint density at radius 2 is 1.80 bits per heavy atom. The lowest BCUT2D eigenvalue weighted by atomic mass is 10.1. The number of furan rings is 1. The molecule has 0 fully saturated rings. The lowest BCUT2D eigenvalue weighted by molar-refractivity contribution is 0.0993. The van der Waals surface area contributed by atoms with Crippen LogP contribution in [0.25, 0.3) is 0 Å². The van der Waals surface area contributed by atoms with E-state index in [0.29, 0.717) is 16.9 Å². The molecule has 3 rings (SSSR count). The third kappa shape index (κ3) is 3.92. The number of carbonyl (C=O) groups is 2. The smallest absolute Gasteiger partial charge is 0.291 e. The fraction of sp³-hybridized carbons (Fsp3) is 0.0526. The van der Waals surface area contributed by atoms with Crippen molar-refractivity contribution in [3.63, 3.8) is 0 Å². The third-order valence-corrected chi connectivity index (χ3v) is 3.58. The van der Waals surface area contributed by atoms with Gasteiger partial charge in [-0.1, -0.05) is 12.1 Å². The van der Waals surface area contributed by atoms with Crippen molar-refractivity contribution in [2.24, 2.45) is 0 Å². The van der Waals surface area contributed by atoms with E-state index in [4.69, 9.17) is 4.42 Å². The Hall–Kier alpha value is -3.41. The molecular weight excluding hydrogens is 323 g/mol. The Kier molecular flexibility index (Phi) is 4.61. The van der Waals surface area contributed by atoms with Gasteiger partial charge in [0.05, 0.1) is 6.26 Å². The van der Waals surface area contributed by atoms with Crippen LogP contribution in [0.1, 0.15) is 26.5 Å². The van der Waals surface area contributed by atoms with Crippen molar-refractivity contribution in [2.45, 2.75) is 6.92 Å². The lowest BCUT2D eigenvalue weighted by Gasteiger charge is -2.10. The summed E-state index contributed by atoms with van der Waals surface area (Å²) < 4.78 is 18.3. The van der Waals surface area contributed by atoms with Crippen LogP contribution in [-0.2, 0) is 0 Å². The zero-order chi connectivity index (χ0) is 17.8. The second kappa shape index (κ2) is 7.00. The summed E-state index contributed by atoms with van der Waals surface area (Å²) in [7, 11) is 0. The van der Waals surface area contributed by atoms with Gasteiger partial charge in [0.1, 0.15) is 5.82 Å². The van der Waals surface area contributed by atoms with Crippen LogP contribution in [0.3, 0.4) is 0 Å². The standard InChI is InChI=1S/C19H15FN2O3/c1-12-7-8-13(18(23)21-15-5-2-4-14(20)11-15)10-16(12)22-19(24)17-6-3-9-25-17/h2-11H,1H3,(H,21,23)(H,22,24). The van der Waals surface area contributed by atoms with E-state index in [1.165, 1.54) is 24.5 Å². The highest BCUT2D eigenvalue weighted by molar-refractivity contribution is 6.07. The Balaban J connectivity index is 1.78. The zero-order valence-corrected chi connectivity index (χ0v) is 13.4. The number of hydrogen-bond donors (Lipinski definition) is 2. The molecule has 2 aromatic carbocycles. The van der Waals surface area contributed by atoms with Crippen LogP contribution in [0.5, 0.6) is 0 Å². The van der Waals surface area contributed by atoms with E-state index in [9.17, 15) is 14.0 Å². The molecule has 126 valence electrons. The fourth-order valence-electron chi connectivity index (χ4n) is 2.26. The highest BCUT2D eigenvalue weighted by Crippen LogP contribution is 2.19. The first kappa shape index (κ1) is 16.4. The van der Waals surface area contributed by atoms with E-state index in [1.54, 1.807) is 36.4 Å². The normalized spacial score (nSPS) is 10.3. The lowest BCUT2D eigenvalue weighted by Crippen LogP contribution is -2.15. The molecular formula is C19H15FN2O3. The SMILES string of the molecule is Cc1ccc(C(=O)Nc2cccc(F)c2)cc1NC(=O)c1ccco1. The fourth-order valence-corrected chi connectivity index (χ4v) is 2.26. The van der Waals surface area contributed by atoms with Crippen molar-refractivity contribution in [2.75, 3.05) is 10.6 Å². The zero-order valence-electron chi connectivity index (χ0n) is 13.4. The largest absolute Gasteiger partial charge is 0.459 e. The second-order valence-electron chi connectivity index (χ2n) is 5.43. The van der Waals surface area contributed by atoms with Crippen LogP contribution in [0, 0.1) is 12.7 Å². The number of anilines is 2. The quantitative estimate of drug-likeness (QED) is 0.748. The predicted octanol–water partition coefficient (Wildman–Crippen LogP) is 4.23. The number of nitrogens with one attached hydrogen (secondary N) is 2. The topological polar surface area (TPSA) is 71.3 Å². The summed E-state index contributed by atoms with van der Waals surface area (Å²) in [5.74, 6) is -1.07. The molecule has 0 aliphatic heterocycles. The number of hydrogen-bond acceptors (Lipinski definition) is 3. The van der Waals surface area contributed by atoms with Crippen molar-refractivity contribution in [1.82, 2.24) is 0 Å². The van der Waals surface area contributed by atoms with Gasteiger partial charge in [0.25, 0.3) is 11.8 Å². The molecule has 25 heavy (non-hydrogen) atoms. The predicted molar refractivity (Wildman–Crippen MR) is 92.2 cm³/mol. The summed E-state index contributed by atoms with van der Waals surface area (Å²) in [6.45, 7) is 1.81. The highest BCUT2D eigenvalue weighted by atomic mass is 19.1. The number of carbonyl (C=O) groups excluding carboxylic acids is 2. The average Bonchev–Trinajstić information content (AvgIpc) is 3.11. The summed E-state index contributed by atoms with van der Waals surface area (Å²) in [5, 5.41) is 5.32. The van der Waals surface area contributed by atoms with Gasteiger partial charge < -0.3 is 15.1 Å². The van der Waals surface area contributed by atoms with Crippen molar-refractivity contribution in [1.29, 1.82) is 0 Å². The maximum Gasteiger partial charge on any atom is 0.291 e. The molecule has 0 unspecified atom stereocenters. The van der Waals surface area contributed by atoms with E-state index < -0.39 is 17.6 Å². The van der Waals surface area contributed by atoms with E-state index in [-0.39, 0.29) is 5.76 Å². The van der Waals surface area contributed by atoms with E-state index >= 15 is 0 Å². The molecule has 1 heterocycles. The molecule has 0 saturated carbocycles. The van der Waals surface area contributed by atoms with E-state index in [0.717, 1.165) is 5.56 Å². The Bertz CT molecular complexity index is 920. The van der Waals surface area contributed by atoms with Gasteiger partial charge in [-0.2, -0.15) is 0 Å². The van der Waals surface area contributed by atoms with Crippen LogP contribution in [-0.4, -0.2) is 11.8 Å². The minimum absolute atomic E-state index is 0.175. The molecule has 0 spiro atoms. The van der Waals surface area contributed by atoms with E-state index in [2.05, 4.69) is 10.6 Å². The summed E-state index contributed by atoms with van der Waals surface area (Å²) in [5.41, 5.74) is 1.98. The summed E-state index contributed by atoms with van der Waals surface area (Å²) in [4.78, 5) is 24.4. The number of rotatable bonds is 4. The maximum atomic E-state index is 13.2. The van der Waals surface area contributed by atoms with Gasteiger partial charge in [0.2, 0.25) is 0 Å². The van der Waals surface area contributed by atoms with Crippen LogP contribution in [0.4, 0.5) is 15.8 Å². The minimum atomic E-state index is -0.437. The average molecular weight is 338 g/mol. The van der Waals surface area contributed by atoms with Crippen molar-refractivity contribution < 1.29 is 18.4 Å². The van der Waals surface area contributed by atoms with Gasteiger partial charge in [0, 0.05) is 16.9 Å². The molecule has 3 aromatic rings. The summed E-state index contributed by atoms with van der Waals surface area (Å²) in [6.07, 6.45) is 1.41. The highest BCUT2D eigenvalue weighted by Gasteiger charge is 2.13. The number of benzene rings is 2. The van der Waals surface area contributed by atoms with Gasteiger partial charge in [-0.3, -0.25) is 9.59 Å². The van der Waals surface area contributed by atoms with Crippen LogP contribution in [0.2, 0.25) is 0 Å². The summed E-state index contributed by atoms with van der Waals surface area (Å²) >= 11 is 0. The minimum Gasteiger partial charge on any atom is -0.459 e. The third-order valence-electron chi connectivity index (χ3n) is 3.58. The number of halogens is 1. The molecule has 2 amide bonds. The molecule has 0 atom stereocenters. The Labute approximate surface area is 143 Å². The number of amides is 2. The van der Waals surface area contributed by atoms with Crippen molar-refractivity contribution in [3.8, 4) is 0 Å². The van der Waals surface area contributed by atoms with Crippen LogP contribution < -0.4 is 10.6 Å². The molecule has 0 radical (unpaired) electrons. The van der Waals surface area contributed by atoms with Crippen LogP contribution >= 0.6 is 0 Å². The molecule has 5 nitrogen and oxygen atoms in total. The molecule has 0 aliphatic carbocycles. The molecule has 1 aromatic heterocycles. The maximum absolute atomic E-state index is 13.2. The van der Waals surface area contributed by atoms with Crippen LogP contribution in [0.15, 0.2) is 65.3 Å². The first-order valence-electron chi connectivity index (χ1n) is 7.55. The van der Waals surface area contributed by atoms with Gasteiger partial charge in [-0.15, -0.1) is 0 Å². The monoisotopic (exact) mass is 338 g/mol. The van der Waals surface area contributed by atoms with Gasteiger partial charge in [-0.25, -0.2) is 4.39 Å². The van der Waals surface area contributed by atoms with Gasteiger partial charge >= 0.3 is 0 Å². The number of aryl methyl sites for hydroxylation is 1. The molecule has 0 saturated heterocycles. The van der Waals surface area contributed by atoms with Crippen molar-refractivity contribution >= 4 is 23.2 Å². The Morgan fingerprint density at radius 3 is 2.52 bits per heavy atom. The molecule has 0 aliphatic rings. The van der Waals surface area contributed by atoms with Gasteiger partial charge in [-0.05, 0) is 55.0 Å². The van der Waals surface area contributed by atoms with E-state index in [1.807, 2.05) is 6.92 Å². The second-order valence-corrected chi connectivity index (χ2v) is 5.43. The summed E-state index contributed by atoms with van der Waals surface area (Å²) in [6, 6.07) is 13.7. The molecule has 2 N–H and O–H groups in total. The molecule has 0 bridgehead atoms. The van der Waals surface area contributed by atoms with Crippen molar-refractivity contribution in [3.05, 3.63) is 83.6 Å². The Morgan fingerprint density at radius 1 is 0.960 bits per heavy atom. The molecule has 6 heteroatoms. The van der Waals surface area contributed by atoms with Gasteiger partial charge in [0.15, 0.2) is 5.76 Å². The first-order chi connectivity index (χ1) is 12.0. The first-order valence-corrected chi connectivity index (χ1v) is 7.55.